The summed E-state index contributed by atoms with van der Waals surface area (Å²) < 4.78 is 10.1. The van der Waals surface area contributed by atoms with Crippen LogP contribution < -0.4 is 0 Å². The molecule has 0 atom stereocenters. The van der Waals surface area contributed by atoms with Gasteiger partial charge in [0.1, 0.15) is 0 Å². The lowest BCUT2D eigenvalue weighted by atomic mass is 10.2. The summed E-state index contributed by atoms with van der Waals surface area (Å²) in [5.74, 6) is -0.604. The summed E-state index contributed by atoms with van der Waals surface area (Å²) in [4.78, 5) is 27.1. The van der Waals surface area contributed by atoms with Gasteiger partial charge in [-0.05, 0) is 21.0 Å². The van der Waals surface area contributed by atoms with Crippen molar-refractivity contribution in [1.82, 2.24) is 9.80 Å². The number of rotatable bonds is 6. The second-order valence-electron chi connectivity index (χ2n) is 4.34. The first-order chi connectivity index (χ1) is 8.47. The molecular weight excluding hydrogens is 236 g/mol. The molecule has 0 saturated heterocycles. The molecule has 1 aliphatic heterocycles. The summed E-state index contributed by atoms with van der Waals surface area (Å²) in [5, 5.41) is 0. The second-order valence-corrected chi connectivity index (χ2v) is 4.34. The van der Waals surface area contributed by atoms with Gasteiger partial charge in [-0.2, -0.15) is 0 Å². The minimum Gasteiger partial charge on any atom is -0.470 e. The van der Waals surface area contributed by atoms with Crippen LogP contribution in [0.3, 0.4) is 0 Å². The highest BCUT2D eigenvalue weighted by Crippen LogP contribution is 2.20. The Hall–Kier alpha value is -1.56. The number of Topliss-reactive ketones (excluding diaryl/α,β-unsaturated/α-hetero) is 1. The third-order valence-electron chi connectivity index (χ3n) is 2.54. The summed E-state index contributed by atoms with van der Waals surface area (Å²) in [5.41, 5.74) is 0.0260. The molecule has 0 saturated carbocycles. The summed E-state index contributed by atoms with van der Waals surface area (Å²) in [6.07, 6.45) is 0. The lowest BCUT2D eigenvalue weighted by Gasteiger charge is -2.22. The van der Waals surface area contributed by atoms with E-state index in [1.165, 1.54) is 0 Å². The van der Waals surface area contributed by atoms with Crippen LogP contribution in [0, 0.1) is 0 Å². The number of carbonyl (C=O) groups excluding carboxylic acids is 2. The number of carbonyl (C=O) groups is 2. The maximum absolute atomic E-state index is 11.7. The van der Waals surface area contributed by atoms with E-state index in [1.54, 1.807) is 18.9 Å². The average molecular weight is 256 g/mol. The van der Waals surface area contributed by atoms with Gasteiger partial charge in [-0.15, -0.1) is 0 Å². The molecule has 18 heavy (non-hydrogen) atoms. The lowest BCUT2D eigenvalue weighted by molar-refractivity contribution is -0.139. The molecule has 0 aromatic carbocycles. The zero-order valence-electron chi connectivity index (χ0n) is 11.4. The fourth-order valence-corrected chi connectivity index (χ4v) is 1.55. The second kappa shape index (κ2) is 6.39. The zero-order chi connectivity index (χ0) is 13.7. The van der Waals surface area contributed by atoms with Gasteiger partial charge in [-0.25, -0.2) is 4.79 Å². The molecule has 0 fully saturated rings. The van der Waals surface area contributed by atoms with Crippen LogP contribution in [0.4, 0.5) is 0 Å². The molecule has 0 spiro atoms. The fourth-order valence-electron chi connectivity index (χ4n) is 1.55. The highest BCUT2D eigenvalue weighted by atomic mass is 16.5. The Morgan fingerprint density at radius 2 is 2.00 bits per heavy atom. The molecule has 6 heteroatoms. The van der Waals surface area contributed by atoms with E-state index in [4.69, 9.17) is 9.47 Å². The molecule has 0 amide bonds. The zero-order valence-corrected chi connectivity index (χ0v) is 11.4. The monoisotopic (exact) mass is 256 g/mol. The molecule has 102 valence electrons. The largest absolute Gasteiger partial charge is 0.470 e. The van der Waals surface area contributed by atoms with Crippen molar-refractivity contribution in [2.75, 3.05) is 47.4 Å². The number of ether oxygens (including phenoxy) is 2. The Morgan fingerprint density at radius 1 is 1.33 bits per heavy atom. The highest BCUT2D eigenvalue weighted by molar-refractivity contribution is 6.19. The van der Waals surface area contributed by atoms with E-state index in [0.717, 1.165) is 6.54 Å². The van der Waals surface area contributed by atoms with Gasteiger partial charge in [0, 0.05) is 20.1 Å². The van der Waals surface area contributed by atoms with E-state index >= 15 is 0 Å². The molecule has 0 radical (unpaired) electrons. The fraction of sp³-hybridized carbons (Fsp3) is 0.667. The normalized spacial score (nSPS) is 15.1. The third-order valence-corrected chi connectivity index (χ3v) is 2.54. The molecule has 0 aromatic rings. The van der Waals surface area contributed by atoms with Crippen LogP contribution in [0.2, 0.25) is 0 Å². The van der Waals surface area contributed by atoms with Crippen LogP contribution in [0.1, 0.15) is 6.92 Å². The van der Waals surface area contributed by atoms with Crippen molar-refractivity contribution < 1.29 is 19.1 Å². The first kappa shape index (κ1) is 14.5. The van der Waals surface area contributed by atoms with Crippen molar-refractivity contribution in [3.63, 3.8) is 0 Å². The van der Waals surface area contributed by atoms with Gasteiger partial charge < -0.3 is 19.3 Å². The number of ketones is 1. The van der Waals surface area contributed by atoms with Crippen LogP contribution in [0.5, 0.6) is 0 Å². The van der Waals surface area contributed by atoms with Crippen LogP contribution in [0.15, 0.2) is 11.5 Å². The maximum Gasteiger partial charge on any atom is 0.347 e. The summed E-state index contributed by atoms with van der Waals surface area (Å²) in [7, 11) is 5.70. The minimum atomic E-state index is -0.605. The van der Waals surface area contributed by atoms with Gasteiger partial charge in [0.2, 0.25) is 11.7 Å². The third kappa shape index (κ3) is 3.46. The van der Waals surface area contributed by atoms with E-state index in [2.05, 4.69) is 0 Å². The van der Waals surface area contributed by atoms with Gasteiger partial charge in [-0.3, -0.25) is 4.79 Å². The van der Waals surface area contributed by atoms with Crippen molar-refractivity contribution in [3.05, 3.63) is 11.5 Å². The average Bonchev–Trinajstić information content (AvgIpc) is 2.68. The Morgan fingerprint density at radius 3 is 2.56 bits per heavy atom. The van der Waals surface area contributed by atoms with Crippen LogP contribution in [-0.2, 0) is 19.1 Å². The van der Waals surface area contributed by atoms with E-state index in [9.17, 15) is 9.59 Å². The molecule has 1 aliphatic rings. The topological polar surface area (TPSA) is 59.1 Å². The van der Waals surface area contributed by atoms with Crippen LogP contribution >= 0.6 is 0 Å². The van der Waals surface area contributed by atoms with Gasteiger partial charge >= 0.3 is 5.97 Å². The summed E-state index contributed by atoms with van der Waals surface area (Å²) >= 11 is 0. The summed E-state index contributed by atoms with van der Waals surface area (Å²) in [6, 6.07) is 0. The highest BCUT2D eigenvalue weighted by Gasteiger charge is 2.33. The van der Waals surface area contributed by atoms with Crippen LogP contribution in [0.25, 0.3) is 0 Å². The number of esters is 1. The Labute approximate surface area is 107 Å². The SMILES string of the molecule is CCOC(=O)C1=C(N(C)CCN(C)C)OCC1=O. The summed E-state index contributed by atoms with van der Waals surface area (Å²) in [6.45, 7) is 3.32. The quantitative estimate of drug-likeness (QED) is 0.487. The molecule has 0 aliphatic carbocycles. The Kier molecular flexibility index (Phi) is 5.15. The smallest absolute Gasteiger partial charge is 0.347 e. The molecule has 6 nitrogen and oxygen atoms in total. The molecule has 1 rings (SSSR count). The Bertz CT molecular complexity index is 363. The van der Waals surface area contributed by atoms with E-state index in [0.29, 0.717) is 12.4 Å². The minimum absolute atomic E-state index is 0.0260. The number of hydrogen-bond acceptors (Lipinski definition) is 6. The van der Waals surface area contributed by atoms with E-state index in [1.807, 2.05) is 19.0 Å². The van der Waals surface area contributed by atoms with Crippen molar-refractivity contribution in [2.45, 2.75) is 6.92 Å². The van der Waals surface area contributed by atoms with E-state index in [-0.39, 0.29) is 24.6 Å². The first-order valence-electron chi connectivity index (χ1n) is 5.90. The number of likely N-dealkylation sites (N-methyl/N-ethyl adjacent to an activating group) is 2. The standard InChI is InChI=1S/C12H20N2O4/c1-5-17-12(16)10-9(15)8-18-11(10)14(4)7-6-13(2)3/h5-8H2,1-4H3. The predicted octanol–water partition coefficient (Wildman–Crippen LogP) is -0.146. The molecule has 0 N–H and O–H groups in total. The number of nitrogens with zero attached hydrogens (tertiary/aromatic N) is 2. The lowest BCUT2D eigenvalue weighted by Crippen LogP contribution is -2.29. The predicted molar refractivity (Wildman–Crippen MR) is 65.8 cm³/mol. The Balaban J connectivity index is 2.81. The number of hydrogen-bond donors (Lipinski definition) is 0. The molecular formula is C12H20N2O4. The van der Waals surface area contributed by atoms with Crippen molar-refractivity contribution in [1.29, 1.82) is 0 Å². The van der Waals surface area contributed by atoms with Crippen molar-refractivity contribution in [2.24, 2.45) is 0 Å². The van der Waals surface area contributed by atoms with Gasteiger partial charge in [-0.1, -0.05) is 0 Å². The van der Waals surface area contributed by atoms with Crippen molar-refractivity contribution >= 4 is 11.8 Å². The van der Waals surface area contributed by atoms with Gasteiger partial charge in [0.15, 0.2) is 12.2 Å². The molecule has 0 unspecified atom stereocenters. The van der Waals surface area contributed by atoms with E-state index < -0.39 is 5.97 Å². The molecule has 1 heterocycles. The van der Waals surface area contributed by atoms with Gasteiger partial charge in [0.25, 0.3) is 0 Å². The first-order valence-corrected chi connectivity index (χ1v) is 5.90. The van der Waals surface area contributed by atoms with Crippen molar-refractivity contribution in [3.8, 4) is 0 Å². The van der Waals surface area contributed by atoms with Crippen LogP contribution in [-0.4, -0.2) is 69.0 Å². The maximum atomic E-state index is 11.7. The molecule has 0 aromatic heterocycles. The van der Waals surface area contributed by atoms with Gasteiger partial charge in [0.05, 0.1) is 6.61 Å². The molecule has 0 bridgehead atoms.